The van der Waals surface area contributed by atoms with E-state index in [4.69, 9.17) is 0 Å². The predicted octanol–water partition coefficient (Wildman–Crippen LogP) is 3.05. The highest BCUT2D eigenvalue weighted by atomic mass is 16.4. The van der Waals surface area contributed by atoms with Crippen LogP contribution < -0.4 is 5.32 Å². The van der Waals surface area contributed by atoms with E-state index in [1.807, 2.05) is 6.07 Å². The van der Waals surface area contributed by atoms with Gasteiger partial charge in [-0.25, -0.2) is 0 Å². The zero-order valence-electron chi connectivity index (χ0n) is 13.7. The Bertz CT molecular complexity index is 463. The van der Waals surface area contributed by atoms with Crippen molar-refractivity contribution in [2.75, 3.05) is 13.1 Å². The van der Waals surface area contributed by atoms with Crippen LogP contribution in [0.2, 0.25) is 0 Å². The number of hydrogen-bond donors (Lipinski definition) is 2. The molecule has 1 aromatic rings. The van der Waals surface area contributed by atoms with Crippen molar-refractivity contribution in [2.45, 2.75) is 57.7 Å². The molecule has 1 heterocycles. The third-order valence-corrected chi connectivity index (χ3v) is 4.63. The van der Waals surface area contributed by atoms with E-state index in [1.165, 1.54) is 5.56 Å². The summed E-state index contributed by atoms with van der Waals surface area (Å²) in [7, 11) is 0. The first kappa shape index (κ1) is 17.0. The molecule has 1 aliphatic rings. The van der Waals surface area contributed by atoms with Gasteiger partial charge >= 0.3 is 5.97 Å². The molecule has 4 heteroatoms. The van der Waals surface area contributed by atoms with E-state index in [2.05, 4.69) is 48.3 Å². The van der Waals surface area contributed by atoms with Crippen LogP contribution in [0, 0.1) is 0 Å². The lowest BCUT2D eigenvalue weighted by Crippen LogP contribution is -2.44. The zero-order valence-corrected chi connectivity index (χ0v) is 13.7. The first-order chi connectivity index (χ1) is 10.6. The topological polar surface area (TPSA) is 52.6 Å². The van der Waals surface area contributed by atoms with E-state index in [-0.39, 0.29) is 6.04 Å². The Balaban J connectivity index is 1.87. The quantitative estimate of drug-likeness (QED) is 0.775. The largest absolute Gasteiger partial charge is 0.480 e. The van der Waals surface area contributed by atoms with Gasteiger partial charge in [0.05, 0.1) is 0 Å². The van der Waals surface area contributed by atoms with E-state index in [9.17, 15) is 9.90 Å². The maximum atomic E-state index is 11.4. The summed E-state index contributed by atoms with van der Waals surface area (Å²) in [5.41, 5.74) is 1.32. The molecule has 2 N–H and O–H groups in total. The standard InChI is InChI=1S/C18H28N2O2/c1-3-4-10-17(18(21)22)19-16-11-12-20(13-16)14(2)15-8-6-5-7-9-15/h5-9,14,16-17,19H,3-4,10-13H2,1-2H3,(H,21,22). The van der Waals surface area contributed by atoms with E-state index >= 15 is 0 Å². The van der Waals surface area contributed by atoms with Gasteiger partial charge in [0.2, 0.25) is 0 Å². The van der Waals surface area contributed by atoms with Gasteiger partial charge in [-0.3, -0.25) is 9.69 Å². The summed E-state index contributed by atoms with van der Waals surface area (Å²) in [4.78, 5) is 13.8. The number of aliphatic carboxylic acids is 1. The number of carbonyl (C=O) groups is 1. The van der Waals surface area contributed by atoms with Crippen molar-refractivity contribution in [3.63, 3.8) is 0 Å². The highest BCUT2D eigenvalue weighted by Gasteiger charge is 2.29. The van der Waals surface area contributed by atoms with Gasteiger partial charge in [0, 0.05) is 25.2 Å². The lowest BCUT2D eigenvalue weighted by Gasteiger charge is -2.25. The molecule has 0 radical (unpaired) electrons. The summed E-state index contributed by atoms with van der Waals surface area (Å²) in [5, 5.41) is 12.7. The van der Waals surface area contributed by atoms with Gasteiger partial charge in [-0.2, -0.15) is 0 Å². The molecule has 0 saturated carbocycles. The molecule has 1 aromatic carbocycles. The minimum Gasteiger partial charge on any atom is -0.480 e. The average molecular weight is 304 g/mol. The normalized spacial score (nSPS) is 21.6. The first-order valence-electron chi connectivity index (χ1n) is 8.39. The molecule has 0 bridgehead atoms. The van der Waals surface area contributed by atoms with Crippen LogP contribution in [0.3, 0.4) is 0 Å². The van der Waals surface area contributed by atoms with Gasteiger partial charge in [0.15, 0.2) is 0 Å². The Morgan fingerprint density at radius 2 is 2.14 bits per heavy atom. The highest BCUT2D eigenvalue weighted by molar-refractivity contribution is 5.73. The lowest BCUT2D eigenvalue weighted by atomic mass is 10.1. The Labute approximate surface area is 133 Å². The van der Waals surface area contributed by atoms with Gasteiger partial charge in [-0.1, -0.05) is 50.1 Å². The summed E-state index contributed by atoms with van der Waals surface area (Å²) in [6.07, 6.45) is 3.73. The summed E-state index contributed by atoms with van der Waals surface area (Å²) < 4.78 is 0. The van der Waals surface area contributed by atoms with Crippen molar-refractivity contribution in [1.82, 2.24) is 10.2 Å². The molecule has 1 aliphatic heterocycles. The van der Waals surface area contributed by atoms with E-state index < -0.39 is 12.0 Å². The van der Waals surface area contributed by atoms with Gasteiger partial charge in [0.25, 0.3) is 0 Å². The molecule has 0 spiro atoms. The second kappa shape index (κ2) is 8.30. The molecule has 2 rings (SSSR count). The summed E-state index contributed by atoms with van der Waals surface area (Å²) in [6, 6.07) is 10.8. The SMILES string of the molecule is CCCCC(NC1CCN(C(C)c2ccccc2)C1)C(=O)O. The molecular formula is C18H28N2O2. The molecule has 1 saturated heterocycles. The molecule has 122 valence electrons. The van der Waals surface area contributed by atoms with Crippen LogP contribution in [0.4, 0.5) is 0 Å². The first-order valence-corrected chi connectivity index (χ1v) is 8.39. The fraction of sp³-hybridized carbons (Fsp3) is 0.611. The minimum absolute atomic E-state index is 0.282. The minimum atomic E-state index is -0.719. The van der Waals surface area contributed by atoms with Crippen LogP contribution in [0.15, 0.2) is 30.3 Å². The summed E-state index contributed by atoms with van der Waals surface area (Å²) in [5.74, 6) is -0.719. The van der Waals surface area contributed by atoms with Crippen molar-refractivity contribution >= 4 is 5.97 Å². The third kappa shape index (κ3) is 4.55. The van der Waals surface area contributed by atoms with Gasteiger partial charge in [0.1, 0.15) is 6.04 Å². The Morgan fingerprint density at radius 1 is 1.41 bits per heavy atom. The molecule has 3 atom stereocenters. The van der Waals surface area contributed by atoms with Crippen molar-refractivity contribution in [1.29, 1.82) is 0 Å². The van der Waals surface area contributed by atoms with Crippen LogP contribution in [-0.4, -0.2) is 41.1 Å². The summed E-state index contributed by atoms with van der Waals surface area (Å²) in [6.45, 7) is 6.26. The van der Waals surface area contributed by atoms with Crippen LogP contribution >= 0.6 is 0 Å². The monoisotopic (exact) mass is 304 g/mol. The molecule has 0 aromatic heterocycles. The van der Waals surface area contributed by atoms with E-state index in [0.717, 1.165) is 38.8 Å². The van der Waals surface area contributed by atoms with Crippen molar-refractivity contribution in [2.24, 2.45) is 0 Å². The van der Waals surface area contributed by atoms with E-state index in [1.54, 1.807) is 0 Å². The number of carboxylic acid groups (broad SMARTS) is 1. The number of hydrogen-bond acceptors (Lipinski definition) is 3. The molecule has 0 aliphatic carbocycles. The number of unbranched alkanes of at least 4 members (excludes halogenated alkanes) is 1. The summed E-state index contributed by atoms with van der Waals surface area (Å²) >= 11 is 0. The van der Waals surface area contributed by atoms with Crippen LogP contribution in [0.25, 0.3) is 0 Å². The van der Waals surface area contributed by atoms with Crippen LogP contribution in [-0.2, 0) is 4.79 Å². The van der Waals surface area contributed by atoms with Crippen LogP contribution in [0.5, 0.6) is 0 Å². The number of likely N-dealkylation sites (tertiary alicyclic amines) is 1. The fourth-order valence-electron chi connectivity index (χ4n) is 3.19. The van der Waals surface area contributed by atoms with E-state index in [0.29, 0.717) is 6.04 Å². The molecule has 22 heavy (non-hydrogen) atoms. The maximum absolute atomic E-state index is 11.4. The van der Waals surface area contributed by atoms with Gasteiger partial charge in [-0.05, 0) is 25.3 Å². The zero-order chi connectivity index (χ0) is 15.9. The average Bonchev–Trinajstić information content (AvgIpc) is 3.00. The number of benzene rings is 1. The molecular weight excluding hydrogens is 276 g/mol. The molecule has 0 amide bonds. The smallest absolute Gasteiger partial charge is 0.320 e. The molecule has 1 fully saturated rings. The Hall–Kier alpha value is -1.39. The molecule has 4 nitrogen and oxygen atoms in total. The Morgan fingerprint density at radius 3 is 2.77 bits per heavy atom. The van der Waals surface area contributed by atoms with Crippen molar-refractivity contribution in [3.05, 3.63) is 35.9 Å². The van der Waals surface area contributed by atoms with Gasteiger partial charge < -0.3 is 10.4 Å². The van der Waals surface area contributed by atoms with Crippen LogP contribution in [0.1, 0.15) is 51.1 Å². The highest BCUT2D eigenvalue weighted by Crippen LogP contribution is 2.24. The van der Waals surface area contributed by atoms with Crippen molar-refractivity contribution in [3.8, 4) is 0 Å². The Kier molecular flexibility index (Phi) is 6.40. The number of rotatable bonds is 8. The van der Waals surface area contributed by atoms with Crippen molar-refractivity contribution < 1.29 is 9.90 Å². The second-order valence-corrected chi connectivity index (χ2v) is 6.27. The molecule has 3 unspecified atom stereocenters. The van der Waals surface area contributed by atoms with Gasteiger partial charge in [-0.15, -0.1) is 0 Å². The lowest BCUT2D eigenvalue weighted by molar-refractivity contribution is -0.139. The second-order valence-electron chi connectivity index (χ2n) is 6.27. The number of nitrogens with zero attached hydrogens (tertiary/aromatic N) is 1. The predicted molar refractivity (Wildman–Crippen MR) is 88.9 cm³/mol. The number of nitrogens with one attached hydrogen (secondary N) is 1. The number of carboxylic acids is 1. The maximum Gasteiger partial charge on any atom is 0.320 e. The third-order valence-electron chi connectivity index (χ3n) is 4.63. The fourth-order valence-corrected chi connectivity index (χ4v) is 3.19.